The highest BCUT2D eigenvalue weighted by atomic mass is 32.2. The van der Waals surface area contributed by atoms with Gasteiger partial charge in [-0.25, -0.2) is 9.97 Å². The number of thioether (sulfide) groups is 1. The number of likely N-dealkylation sites (N-methyl/N-ethyl adjacent to an activating group) is 1. The molecule has 0 bridgehead atoms. The molecule has 0 saturated carbocycles. The van der Waals surface area contributed by atoms with Gasteiger partial charge in [0.2, 0.25) is 0 Å². The van der Waals surface area contributed by atoms with Gasteiger partial charge in [0.1, 0.15) is 5.82 Å². The second-order valence-corrected chi connectivity index (χ2v) is 11.1. The van der Waals surface area contributed by atoms with Crippen molar-refractivity contribution in [2.75, 3.05) is 63.2 Å². The summed E-state index contributed by atoms with van der Waals surface area (Å²) in [5.41, 5.74) is 3.46. The van der Waals surface area contributed by atoms with Crippen LogP contribution >= 0.6 is 11.8 Å². The van der Waals surface area contributed by atoms with Gasteiger partial charge in [-0.2, -0.15) is 13.2 Å². The highest BCUT2D eigenvalue weighted by Crippen LogP contribution is 2.32. The van der Waals surface area contributed by atoms with Gasteiger partial charge < -0.3 is 20.0 Å². The topological polar surface area (TPSA) is 64.6 Å². The fraction of sp³-hybridized carbons (Fsp3) is 0.414. The zero-order valence-corrected chi connectivity index (χ0v) is 24.1. The zero-order chi connectivity index (χ0) is 28.9. The first-order valence-corrected chi connectivity index (χ1v) is 14.2. The summed E-state index contributed by atoms with van der Waals surface area (Å²) in [5, 5.41) is 3.59. The summed E-state index contributed by atoms with van der Waals surface area (Å²) in [7, 11) is 3.93. The summed E-state index contributed by atoms with van der Waals surface area (Å²) >= 11 is 1.51. The quantitative estimate of drug-likeness (QED) is 0.285. The second kappa shape index (κ2) is 12.9. The Kier molecular flexibility index (Phi) is 9.57. The third-order valence-corrected chi connectivity index (χ3v) is 7.78. The van der Waals surface area contributed by atoms with E-state index in [4.69, 9.17) is 4.98 Å². The van der Waals surface area contributed by atoms with Crippen LogP contribution in [0.1, 0.15) is 32.7 Å². The number of aromatic nitrogens is 2. The molecular weight excluding hydrogens is 537 g/mol. The van der Waals surface area contributed by atoms with Crippen LogP contribution in [0, 0.1) is 13.8 Å². The molecule has 0 radical (unpaired) electrons. The first-order chi connectivity index (χ1) is 19.0. The number of amides is 1. The van der Waals surface area contributed by atoms with Gasteiger partial charge in [-0.1, -0.05) is 30.0 Å². The molecule has 1 aliphatic rings. The van der Waals surface area contributed by atoms with Gasteiger partial charge in [0.15, 0.2) is 5.16 Å². The number of anilines is 2. The Morgan fingerprint density at radius 3 is 2.40 bits per heavy atom. The highest BCUT2D eigenvalue weighted by molar-refractivity contribution is 7.98. The van der Waals surface area contributed by atoms with E-state index in [0.29, 0.717) is 54.9 Å². The van der Waals surface area contributed by atoms with Crippen molar-refractivity contribution in [3.63, 3.8) is 0 Å². The molecule has 11 heteroatoms. The molecule has 1 aromatic heterocycles. The fourth-order valence-electron chi connectivity index (χ4n) is 4.46. The predicted molar refractivity (Wildman–Crippen MR) is 154 cm³/mol. The number of carbonyl (C=O) groups excluding carboxylic acids is 1. The third kappa shape index (κ3) is 7.66. The molecule has 3 aromatic rings. The van der Waals surface area contributed by atoms with Gasteiger partial charge in [0, 0.05) is 67.5 Å². The summed E-state index contributed by atoms with van der Waals surface area (Å²) in [6.07, 6.45) is -4.36. The van der Waals surface area contributed by atoms with Crippen molar-refractivity contribution in [2.24, 2.45) is 0 Å². The Bertz CT molecular complexity index is 1330. The van der Waals surface area contributed by atoms with Gasteiger partial charge in [-0.3, -0.25) is 4.79 Å². The van der Waals surface area contributed by atoms with E-state index in [0.717, 1.165) is 35.2 Å². The molecule has 1 saturated heterocycles. The molecular formula is C29H35F3N6OS. The summed E-state index contributed by atoms with van der Waals surface area (Å²) in [5.74, 6) is 1.37. The molecule has 2 heterocycles. The lowest BCUT2D eigenvalue weighted by atomic mass is 10.1. The Labute approximate surface area is 237 Å². The number of nitrogens with one attached hydrogen (secondary N) is 1. The maximum Gasteiger partial charge on any atom is 0.416 e. The van der Waals surface area contributed by atoms with Crippen LogP contribution in [0.2, 0.25) is 0 Å². The molecule has 0 aliphatic carbocycles. The number of halogens is 3. The monoisotopic (exact) mass is 572 g/mol. The van der Waals surface area contributed by atoms with Crippen molar-refractivity contribution in [1.82, 2.24) is 20.2 Å². The van der Waals surface area contributed by atoms with Crippen LogP contribution in [0.25, 0.3) is 0 Å². The molecule has 4 rings (SSSR count). The predicted octanol–water partition coefficient (Wildman–Crippen LogP) is 5.02. The third-order valence-electron chi connectivity index (χ3n) is 6.86. The van der Waals surface area contributed by atoms with E-state index in [1.54, 1.807) is 6.07 Å². The summed E-state index contributed by atoms with van der Waals surface area (Å²) in [6.45, 7) is 7.78. The fourth-order valence-corrected chi connectivity index (χ4v) is 5.29. The van der Waals surface area contributed by atoms with Crippen molar-refractivity contribution in [3.05, 3.63) is 76.5 Å². The number of hydrogen-bond donors (Lipinski definition) is 1. The molecule has 40 heavy (non-hydrogen) atoms. The SMILES string of the molecule is Cc1nc(SCc2cccc(C(=O)NCCN(C)C)c2)nc(N2CCN(c3cccc(C(F)(F)F)c3)CC2)c1C. The number of carbonyl (C=O) groups is 1. The Morgan fingerprint density at radius 2 is 1.70 bits per heavy atom. The molecule has 0 unspecified atom stereocenters. The lowest BCUT2D eigenvalue weighted by molar-refractivity contribution is -0.137. The largest absolute Gasteiger partial charge is 0.416 e. The van der Waals surface area contributed by atoms with Crippen LogP contribution < -0.4 is 15.1 Å². The van der Waals surface area contributed by atoms with Crippen molar-refractivity contribution in [1.29, 1.82) is 0 Å². The Balaban J connectivity index is 1.39. The number of aryl methyl sites for hydroxylation is 1. The normalized spacial score (nSPS) is 14.1. The van der Waals surface area contributed by atoms with Crippen LogP contribution in [0.5, 0.6) is 0 Å². The van der Waals surface area contributed by atoms with Gasteiger partial charge in [0.05, 0.1) is 5.56 Å². The van der Waals surface area contributed by atoms with E-state index in [1.165, 1.54) is 23.9 Å². The van der Waals surface area contributed by atoms with Gasteiger partial charge in [-0.15, -0.1) is 0 Å². The first-order valence-electron chi connectivity index (χ1n) is 13.2. The average Bonchev–Trinajstić information content (AvgIpc) is 2.93. The van der Waals surface area contributed by atoms with Crippen LogP contribution in [0.4, 0.5) is 24.7 Å². The lowest BCUT2D eigenvalue weighted by Gasteiger charge is -2.37. The van der Waals surface area contributed by atoms with E-state index < -0.39 is 11.7 Å². The lowest BCUT2D eigenvalue weighted by Crippen LogP contribution is -2.47. The van der Waals surface area contributed by atoms with Crippen LogP contribution in [0.15, 0.2) is 53.7 Å². The van der Waals surface area contributed by atoms with Gasteiger partial charge in [-0.05, 0) is 63.8 Å². The van der Waals surface area contributed by atoms with Gasteiger partial charge in [0.25, 0.3) is 5.91 Å². The minimum absolute atomic E-state index is 0.0947. The number of nitrogens with zero attached hydrogens (tertiary/aromatic N) is 5. The number of rotatable bonds is 9. The number of hydrogen-bond acceptors (Lipinski definition) is 7. The van der Waals surface area contributed by atoms with E-state index in [2.05, 4.69) is 15.2 Å². The van der Waals surface area contributed by atoms with Crippen LogP contribution in [0.3, 0.4) is 0 Å². The van der Waals surface area contributed by atoms with Gasteiger partial charge >= 0.3 is 6.18 Å². The molecule has 1 aliphatic heterocycles. The van der Waals surface area contributed by atoms with E-state index >= 15 is 0 Å². The number of alkyl halides is 3. The number of benzene rings is 2. The summed E-state index contributed by atoms with van der Waals surface area (Å²) < 4.78 is 39.5. The van der Waals surface area contributed by atoms with E-state index in [1.807, 2.05) is 62.0 Å². The first kappa shape index (κ1) is 29.7. The molecule has 1 amide bonds. The van der Waals surface area contributed by atoms with Crippen molar-refractivity contribution < 1.29 is 18.0 Å². The van der Waals surface area contributed by atoms with Crippen molar-refractivity contribution >= 4 is 29.2 Å². The highest BCUT2D eigenvalue weighted by Gasteiger charge is 2.31. The molecule has 214 valence electrons. The van der Waals surface area contributed by atoms with Crippen LogP contribution in [-0.4, -0.2) is 74.1 Å². The number of piperazine rings is 1. The second-order valence-electron chi connectivity index (χ2n) is 10.1. The molecule has 0 atom stereocenters. The van der Waals surface area contributed by atoms with Crippen molar-refractivity contribution in [3.8, 4) is 0 Å². The maximum atomic E-state index is 13.2. The smallest absolute Gasteiger partial charge is 0.368 e. The molecule has 1 N–H and O–H groups in total. The van der Waals surface area contributed by atoms with Crippen molar-refractivity contribution in [2.45, 2.75) is 30.9 Å². The average molecular weight is 573 g/mol. The minimum atomic E-state index is -4.36. The maximum absolute atomic E-state index is 13.2. The summed E-state index contributed by atoms with van der Waals surface area (Å²) in [4.78, 5) is 28.2. The Hall–Kier alpha value is -3.31. The van der Waals surface area contributed by atoms with Crippen LogP contribution in [-0.2, 0) is 11.9 Å². The molecule has 1 fully saturated rings. The Morgan fingerprint density at radius 1 is 1.00 bits per heavy atom. The molecule has 0 spiro atoms. The summed E-state index contributed by atoms with van der Waals surface area (Å²) in [6, 6.07) is 13.1. The standard InChI is InChI=1S/C29H35F3N6OS/c1-20-21(2)34-28(40-19-22-7-5-8-23(17-22)27(39)33-11-12-36(3)4)35-26(20)38-15-13-37(14-16-38)25-10-6-9-24(18-25)29(30,31)32/h5-10,17-18H,11-16,19H2,1-4H3,(H,33,39). The van der Waals surface area contributed by atoms with E-state index in [-0.39, 0.29) is 5.91 Å². The molecule has 7 nitrogen and oxygen atoms in total. The van der Waals surface area contributed by atoms with E-state index in [9.17, 15) is 18.0 Å². The zero-order valence-electron chi connectivity index (χ0n) is 23.3. The minimum Gasteiger partial charge on any atom is -0.368 e. The molecule has 2 aromatic carbocycles.